The number of aromatic amines is 1. The zero-order chi connectivity index (χ0) is 26.4. The molecule has 4 bridgehead atoms. The molecule has 8 heteroatoms. The van der Waals surface area contributed by atoms with Crippen molar-refractivity contribution >= 4 is 22.8 Å². The Labute approximate surface area is 221 Å². The molecule has 4 aliphatic heterocycles. The molecule has 1 amide bonds. The molecule has 3 unspecified atom stereocenters. The number of esters is 1. The van der Waals surface area contributed by atoms with Crippen LogP contribution in [-0.4, -0.2) is 67.4 Å². The van der Waals surface area contributed by atoms with Crippen molar-refractivity contribution < 1.29 is 28.5 Å². The van der Waals surface area contributed by atoms with Crippen molar-refractivity contribution in [3.05, 3.63) is 58.8 Å². The van der Waals surface area contributed by atoms with Gasteiger partial charge in [0.1, 0.15) is 17.1 Å². The number of piperidine rings is 2. The van der Waals surface area contributed by atoms with Crippen LogP contribution in [0.25, 0.3) is 10.9 Å². The van der Waals surface area contributed by atoms with Gasteiger partial charge in [0.2, 0.25) is 5.91 Å². The van der Waals surface area contributed by atoms with Crippen molar-refractivity contribution in [3.63, 3.8) is 0 Å². The van der Waals surface area contributed by atoms with Crippen molar-refractivity contribution in [1.82, 2.24) is 9.88 Å². The number of nitrogens with zero attached hydrogens (tertiary/aromatic N) is 1. The van der Waals surface area contributed by atoms with Crippen molar-refractivity contribution in [1.29, 1.82) is 0 Å². The van der Waals surface area contributed by atoms with Crippen molar-refractivity contribution in [2.24, 2.45) is 5.92 Å². The zero-order valence-electron chi connectivity index (χ0n) is 22.1. The lowest BCUT2D eigenvalue weighted by atomic mass is 9.56. The summed E-state index contributed by atoms with van der Waals surface area (Å²) in [4.78, 5) is 32.8. The van der Waals surface area contributed by atoms with Crippen LogP contribution in [0.4, 0.5) is 0 Å². The quantitative estimate of drug-likeness (QED) is 0.398. The topological polar surface area (TPSA) is 93.4 Å². The molecular weight excluding hydrogens is 484 g/mol. The SMILES string of the molecule is CC[C@]12OC1[C@H]1CC3(C(=O)OC)c4[nH]c5cc(Cc6ccc(OC)c(OC)c6)ccc5c4CCN(C1=O)C32. The zero-order valence-corrected chi connectivity index (χ0v) is 22.1. The highest BCUT2D eigenvalue weighted by Gasteiger charge is 2.81. The summed E-state index contributed by atoms with van der Waals surface area (Å²) in [5.41, 5.74) is 3.81. The molecule has 0 spiro atoms. The number of H-pyrrole nitrogens is 1. The van der Waals surface area contributed by atoms with Gasteiger partial charge in [-0.25, -0.2) is 0 Å². The smallest absolute Gasteiger partial charge is 0.320 e. The van der Waals surface area contributed by atoms with Crippen LogP contribution in [0.1, 0.15) is 42.1 Å². The second kappa shape index (κ2) is 7.99. The van der Waals surface area contributed by atoms with E-state index in [-0.39, 0.29) is 29.9 Å². The number of carbonyl (C=O) groups excluding carboxylic acids is 2. The van der Waals surface area contributed by atoms with Gasteiger partial charge >= 0.3 is 5.97 Å². The van der Waals surface area contributed by atoms with E-state index in [2.05, 4.69) is 30.1 Å². The van der Waals surface area contributed by atoms with Crippen molar-refractivity contribution in [2.45, 2.75) is 55.8 Å². The standard InChI is InChI=1S/C30H32N2O6/c1-5-30-25(38-30)20-15-29(28(34)37-4)24-19(10-11-32(26(20)33)27(29)30)18-8-6-16(13-21(18)31-24)12-17-7-9-22(35-2)23(14-17)36-3/h6-9,13-14,20,25,27,31H,5,10-12,15H2,1-4H3/t20-,25?,27?,29?,30+/m1/s1. The summed E-state index contributed by atoms with van der Waals surface area (Å²) in [5, 5.41) is 1.09. The molecule has 5 aliphatic rings. The number of methoxy groups -OCH3 is 3. The van der Waals surface area contributed by atoms with Gasteiger partial charge in [-0.2, -0.15) is 0 Å². The highest BCUT2D eigenvalue weighted by atomic mass is 16.6. The first-order valence-corrected chi connectivity index (χ1v) is 13.3. The lowest BCUT2D eigenvalue weighted by molar-refractivity contribution is -0.168. The summed E-state index contributed by atoms with van der Waals surface area (Å²) in [6.07, 6.45) is 2.49. The van der Waals surface area contributed by atoms with E-state index < -0.39 is 11.0 Å². The van der Waals surface area contributed by atoms with Gasteiger partial charge in [-0.15, -0.1) is 0 Å². The average molecular weight is 517 g/mol. The van der Waals surface area contributed by atoms with Crippen LogP contribution in [0.5, 0.6) is 11.5 Å². The van der Waals surface area contributed by atoms with Crippen LogP contribution in [0, 0.1) is 5.92 Å². The lowest BCUT2D eigenvalue weighted by Crippen LogP contribution is -2.73. The number of carbonyl (C=O) groups is 2. The number of amides is 1. The van der Waals surface area contributed by atoms with Gasteiger partial charge in [0.25, 0.3) is 0 Å². The van der Waals surface area contributed by atoms with Crippen LogP contribution in [0.15, 0.2) is 36.4 Å². The Hall–Kier alpha value is -3.52. The van der Waals surface area contributed by atoms with E-state index in [0.717, 1.165) is 46.1 Å². The van der Waals surface area contributed by atoms with Crippen molar-refractivity contribution in [2.75, 3.05) is 27.9 Å². The first kappa shape index (κ1) is 23.6. The fourth-order valence-corrected chi connectivity index (χ4v) is 7.86. The average Bonchev–Trinajstić information content (AvgIpc) is 3.63. The molecule has 1 N–H and O–H groups in total. The van der Waals surface area contributed by atoms with Crippen LogP contribution in [-0.2, 0) is 37.3 Å². The molecule has 5 heterocycles. The fourth-order valence-electron chi connectivity index (χ4n) is 7.86. The minimum Gasteiger partial charge on any atom is -0.493 e. The largest absolute Gasteiger partial charge is 0.493 e. The summed E-state index contributed by atoms with van der Waals surface area (Å²) < 4.78 is 22.6. The molecule has 8 nitrogen and oxygen atoms in total. The molecule has 1 aromatic heterocycles. The number of hydrogen-bond acceptors (Lipinski definition) is 6. The summed E-state index contributed by atoms with van der Waals surface area (Å²) in [5.74, 6) is 0.917. The summed E-state index contributed by atoms with van der Waals surface area (Å²) in [6.45, 7) is 2.67. The Kier molecular flexibility index (Phi) is 4.96. The van der Waals surface area contributed by atoms with Gasteiger partial charge in [0.15, 0.2) is 11.5 Å². The Bertz CT molecular complexity index is 1500. The molecule has 1 saturated carbocycles. The maximum Gasteiger partial charge on any atom is 0.320 e. The minimum atomic E-state index is -0.968. The first-order valence-electron chi connectivity index (χ1n) is 13.3. The third kappa shape index (κ3) is 2.84. The second-order valence-electron chi connectivity index (χ2n) is 11.0. The van der Waals surface area contributed by atoms with E-state index in [9.17, 15) is 9.59 Å². The molecular formula is C30H32N2O6. The second-order valence-corrected chi connectivity index (χ2v) is 11.0. The first-order chi connectivity index (χ1) is 18.4. The molecule has 3 aromatic rings. The number of hydrogen-bond donors (Lipinski definition) is 1. The molecule has 3 saturated heterocycles. The molecule has 5 atom stereocenters. The third-order valence-electron chi connectivity index (χ3n) is 9.50. The molecule has 4 fully saturated rings. The highest BCUT2D eigenvalue weighted by Crippen LogP contribution is 2.66. The molecule has 2 aromatic carbocycles. The minimum absolute atomic E-state index is 0.0990. The number of benzene rings is 2. The summed E-state index contributed by atoms with van der Waals surface area (Å²) in [6, 6.07) is 12.0. The Morgan fingerprint density at radius 1 is 1.11 bits per heavy atom. The van der Waals surface area contributed by atoms with Gasteiger partial charge in [0.05, 0.1) is 33.3 Å². The summed E-state index contributed by atoms with van der Waals surface area (Å²) in [7, 11) is 4.72. The van der Waals surface area contributed by atoms with E-state index in [4.69, 9.17) is 18.9 Å². The van der Waals surface area contributed by atoms with Gasteiger partial charge in [0, 0.05) is 23.1 Å². The van der Waals surface area contributed by atoms with E-state index in [1.807, 2.05) is 23.1 Å². The predicted molar refractivity (Wildman–Crippen MR) is 140 cm³/mol. The predicted octanol–water partition coefficient (Wildman–Crippen LogP) is 3.52. The van der Waals surface area contributed by atoms with Gasteiger partial charge in [-0.1, -0.05) is 25.1 Å². The number of nitrogens with one attached hydrogen (secondary N) is 1. The van der Waals surface area contributed by atoms with Gasteiger partial charge in [-0.3, -0.25) is 9.59 Å². The number of aromatic nitrogens is 1. The number of fused-ring (bicyclic) bond motifs is 3. The molecule has 198 valence electrons. The summed E-state index contributed by atoms with van der Waals surface area (Å²) >= 11 is 0. The normalized spacial score (nSPS) is 30.5. The highest BCUT2D eigenvalue weighted by molar-refractivity contribution is 5.96. The Morgan fingerprint density at radius 3 is 2.61 bits per heavy atom. The Balaban J connectivity index is 1.34. The molecule has 8 rings (SSSR count). The van der Waals surface area contributed by atoms with E-state index in [1.165, 1.54) is 7.11 Å². The third-order valence-corrected chi connectivity index (χ3v) is 9.50. The van der Waals surface area contributed by atoms with E-state index >= 15 is 0 Å². The Morgan fingerprint density at radius 2 is 1.87 bits per heavy atom. The van der Waals surface area contributed by atoms with Gasteiger partial charge in [-0.05, 0) is 60.6 Å². The maximum atomic E-state index is 13.8. The van der Waals surface area contributed by atoms with Gasteiger partial charge < -0.3 is 28.8 Å². The lowest BCUT2D eigenvalue weighted by Gasteiger charge is -2.54. The van der Waals surface area contributed by atoms with Crippen LogP contribution in [0.2, 0.25) is 0 Å². The maximum absolute atomic E-state index is 13.8. The van der Waals surface area contributed by atoms with Crippen LogP contribution < -0.4 is 9.47 Å². The van der Waals surface area contributed by atoms with Crippen LogP contribution in [0.3, 0.4) is 0 Å². The monoisotopic (exact) mass is 516 g/mol. The number of ether oxygens (including phenoxy) is 4. The molecule has 38 heavy (non-hydrogen) atoms. The number of rotatable bonds is 6. The van der Waals surface area contributed by atoms with E-state index in [0.29, 0.717) is 30.9 Å². The van der Waals surface area contributed by atoms with E-state index in [1.54, 1.807) is 14.2 Å². The fraction of sp³-hybridized carbons (Fsp3) is 0.467. The molecule has 0 radical (unpaired) electrons. The molecule has 1 aliphatic carbocycles. The van der Waals surface area contributed by atoms with Crippen LogP contribution >= 0.6 is 0 Å². The van der Waals surface area contributed by atoms with Crippen molar-refractivity contribution in [3.8, 4) is 11.5 Å². The number of epoxide rings is 1.